The van der Waals surface area contributed by atoms with E-state index in [1.807, 2.05) is 0 Å². The summed E-state index contributed by atoms with van der Waals surface area (Å²) in [5, 5.41) is 2.93. The molecule has 23 heavy (non-hydrogen) atoms. The van der Waals surface area contributed by atoms with Crippen LogP contribution in [0, 0.1) is 5.92 Å². The van der Waals surface area contributed by atoms with Crippen LogP contribution in [0.4, 0.5) is 0 Å². The van der Waals surface area contributed by atoms with Gasteiger partial charge in [0.2, 0.25) is 5.91 Å². The molecule has 1 N–H and O–H groups in total. The lowest BCUT2D eigenvalue weighted by molar-refractivity contribution is -0.121. The molecule has 4 nitrogen and oxygen atoms in total. The van der Waals surface area contributed by atoms with Crippen molar-refractivity contribution in [3.05, 3.63) is 35.4 Å². The molecule has 0 bridgehead atoms. The van der Waals surface area contributed by atoms with Crippen LogP contribution in [0.5, 0.6) is 0 Å². The maximum absolute atomic E-state index is 11.8. The normalized spacial score (nSPS) is 19.6. The highest BCUT2D eigenvalue weighted by molar-refractivity contribution is 7.91. The second kappa shape index (κ2) is 8.48. The lowest BCUT2D eigenvalue weighted by atomic mass is 10.0. The van der Waals surface area contributed by atoms with Gasteiger partial charge in [0.05, 0.1) is 11.5 Å². The lowest BCUT2D eigenvalue weighted by Crippen LogP contribution is -2.25. The zero-order valence-electron chi connectivity index (χ0n) is 13.9. The van der Waals surface area contributed by atoms with Crippen LogP contribution in [0.1, 0.15) is 43.7 Å². The van der Waals surface area contributed by atoms with E-state index >= 15 is 0 Å². The summed E-state index contributed by atoms with van der Waals surface area (Å²) in [6, 6.07) is 8.41. The van der Waals surface area contributed by atoms with Crippen LogP contribution in [0.3, 0.4) is 0 Å². The molecule has 1 atom stereocenters. The van der Waals surface area contributed by atoms with Gasteiger partial charge in [0.1, 0.15) is 0 Å². The van der Waals surface area contributed by atoms with Crippen LogP contribution in [-0.4, -0.2) is 32.4 Å². The Morgan fingerprint density at radius 3 is 2.52 bits per heavy atom. The van der Waals surface area contributed by atoms with Gasteiger partial charge >= 0.3 is 0 Å². The van der Waals surface area contributed by atoms with Crippen molar-refractivity contribution in [3.63, 3.8) is 0 Å². The minimum absolute atomic E-state index is 0.0728. The summed E-state index contributed by atoms with van der Waals surface area (Å²) < 4.78 is 22.7. The molecule has 0 aromatic heterocycles. The van der Waals surface area contributed by atoms with Gasteiger partial charge in [-0.3, -0.25) is 4.79 Å². The first-order valence-electron chi connectivity index (χ1n) is 8.53. The highest BCUT2D eigenvalue weighted by atomic mass is 32.2. The average molecular weight is 337 g/mol. The van der Waals surface area contributed by atoms with Crippen LogP contribution in [0.15, 0.2) is 24.3 Å². The molecule has 1 aromatic carbocycles. The predicted molar refractivity (Wildman–Crippen MR) is 93.1 cm³/mol. The maximum atomic E-state index is 11.8. The molecule has 0 spiro atoms. The van der Waals surface area contributed by atoms with E-state index in [9.17, 15) is 13.2 Å². The summed E-state index contributed by atoms with van der Waals surface area (Å²) in [5.41, 5.74) is 2.50. The molecule has 0 radical (unpaired) electrons. The van der Waals surface area contributed by atoms with Crippen molar-refractivity contribution in [3.8, 4) is 0 Å². The molecule has 1 unspecified atom stereocenters. The number of nitrogens with one attached hydrogen (secondary N) is 1. The van der Waals surface area contributed by atoms with E-state index in [0.717, 1.165) is 32.1 Å². The second-order valence-electron chi connectivity index (χ2n) is 6.43. The number of rotatable bonds is 8. The number of sulfone groups is 1. The zero-order chi connectivity index (χ0) is 16.7. The Kier molecular flexibility index (Phi) is 6.63. The first-order chi connectivity index (χ1) is 11.0. The molecule has 1 aromatic rings. The van der Waals surface area contributed by atoms with Crippen molar-refractivity contribution in [1.82, 2.24) is 5.32 Å². The van der Waals surface area contributed by atoms with Crippen molar-refractivity contribution in [1.29, 1.82) is 0 Å². The number of hydrogen-bond acceptors (Lipinski definition) is 3. The average Bonchev–Trinajstić information content (AvgIpc) is 2.89. The number of hydrogen-bond donors (Lipinski definition) is 1. The van der Waals surface area contributed by atoms with E-state index < -0.39 is 9.84 Å². The number of benzene rings is 1. The summed E-state index contributed by atoms with van der Waals surface area (Å²) in [6.45, 7) is 2.77. The lowest BCUT2D eigenvalue weighted by Gasteiger charge is -2.08. The Bertz CT molecular complexity index is 608. The number of aryl methyl sites for hydroxylation is 2. The van der Waals surface area contributed by atoms with Gasteiger partial charge in [0.25, 0.3) is 0 Å². The van der Waals surface area contributed by atoms with Crippen molar-refractivity contribution < 1.29 is 13.2 Å². The van der Waals surface area contributed by atoms with E-state index in [2.05, 4.69) is 36.5 Å². The van der Waals surface area contributed by atoms with Crippen LogP contribution >= 0.6 is 0 Å². The van der Waals surface area contributed by atoms with Crippen LogP contribution in [0.25, 0.3) is 0 Å². The summed E-state index contributed by atoms with van der Waals surface area (Å²) >= 11 is 0. The third-order valence-electron chi connectivity index (χ3n) is 4.51. The standard InChI is InChI=1S/C18H27NO3S/c1-2-15-5-7-16(8-6-15)9-10-18(20)19-12-3-4-17-11-13-23(21,22)14-17/h5-8,17H,2-4,9-14H2,1H3,(H,19,20). The van der Waals surface area contributed by atoms with Crippen molar-refractivity contribution in [2.75, 3.05) is 18.1 Å². The SMILES string of the molecule is CCc1ccc(CCC(=O)NCCCC2CCS(=O)(=O)C2)cc1. The van der Waals surface area contributed by atoms with E-state index in [1.165, 1.54) is 11.1 Å². The summed E-state index contributed by atoms with van der Waals surface area (Å²) in [7, 11) is -2.78. The highest BCUT2D eigenvalue weighted by Gasteiger charge is 2.27. The molecule has 5 heteroatoms. The molecular formula is C18H27NO3S. The zero-order valence-corrected chi connectivity index (χ0v) is 14.7. The predicted octanol–water partition coefficient (Wildman–Crippen LogP) is 2.51. The molecule has 1 aliphatic rings. The van der Waals surface area contributed by atoms with E-state index in [0.29, 0.717) is 24.5 Å². The first kappa shape index (κ1) is 18.0. The molecule has 0 saturated carbocycles. The number of carbonyl (C=O) groups excluding carboxylic acids is 1. The van der Waals surface area contributed by atoms with Crippen molar-refractivity contribution in [2.24, 2.45) is 5.92 Å². The van der Waals surface area contributed by atoms with Gasteiger partial charge in [-0.1, -0.05) is 31.2 Å². The summed E-state index contributed by atoms with van der Waals surface area (Å²) in [5.74, 6) is 1.02. The minimum Gasteiger partial charge on any atom is -0.356 e. The number of amides is 1. The molecule has 1 amide bonds. The Balaban J connectivity index is 1.58. The molecule has 2 rings (SSSR count). The molecule has 128 valence electrons. The van der Waals surface area contributed by atoms with Gasteiger partial charge in [-0.25, -0.2) is 8.42 Å². The van der Waals surface area contributed by atoms with Gasteiger partial charge in [0.15, 0.2) is 9.84 Å². The third kappa shape index (κ3) is 6.34. The van der Waals surface area contributed by atoms with E-state index in [-0.39, 0.29) is 11.8 Å². The fourth-order valence-corrected chi connectivity index (χ4v) is 4.92. The third-order valence-corrected chi connectivity index (χ3v) is 6.35. The van der Waals surface area contributed by atoms with Crippen molar-refractivity contribution in [2.45, 2.75) is 45.4 Å². The summed E-state index contributed by atoms with van der Waals surface area (Å²) in [4.78, 5) is 11.8. The number of carbonyl (C=O) groups is 1. The largest absolute Gasteiger partial charge is 0.356 e. The maximum Gasteiger partial charge on any atom is 0.220 e. The monoisotopic (exact) mass is 337 g/mol. The Morgan fingerprint density at radius 2 is 1.91 bits per heavy atom. The second-order valence-corrected chi connectivity index (χ2v) is 8.66. The van der Waals surface area contributed by atoms with Gasteiger partial charge in [-0.2, -0.15) is 0 Å². The fourth-order valence-electron chi connectivity index (χ4n) is 3.01. The van der Waals surface area contributed by atoms with Gasteiger partial charge in [0, 0.05) is 13.0 Å². The van der Waals surface area contributed by atoms with Gasteiger partial charge in [-0.15, -0.1) is 0 Å². The quantitative estimate of drug-likeness (QED) is 0.741. The Hall–Kier alpha value is -1.36. The van der Waals surface area contributed by atoms with Crippen LogP contribution in [0.2, 0.25) is 0 Å². The van der Waals surface area contributed by atoms with Crippen LogP contribution in [-0.2, 0) is 27.5 Å². The molecule has 1 heterocycles. The Labute approximate surface area is 139 Å². The smallest absolute Gasteiger partial charge is 0.220 e. The summed E-state index contributed by atoms with van der Waals surface area (Å²) in [6.07, 6.45) is 4.82. The fraction of sp³-hybridized carbons (Fsp3) is 0.611. The van der Waals surface area contributed by atoms with Crippen LogP contribution < -0.4 is 5.32 Å². The van der Waals surface area contributed by atoms with Gasteiger partial charge in [-0.05, 0) is 49.1 Å². The molecule has 1 aliphatic heterocycles. The molecule has 0 aliphatic carbocycles. The van der Waals surface area contributed by atoms with E-state index in [1.54, 1.807) is 0 Å². The van der Waals surface area contributed by atoms with Gasteiger partial charge < -0.3 is 5.32 Å². The Morgan fingerprint density at radius 1 is 1.22 bits per heavy atom. The topological polar surface area (TPSA) is 63.2 Å². The van der Waals surface area contributed by atoms with E-state index in [4.69, 9.17) is 0 Å². The molecule has 1 saturated heterocycles. The first-order valence-corrected chi connectivity index (χ1v) is 10.4. The minimum atomic E-state index is -2.78. The van der Waals surface area contributed by atoms with Crippen molar-refractivity contribution >= 4 is 15.7 Å². The highest BCUT2D eigenvalue weighted by Crippen LogP contribution is 2.22. The molecule has 1 fully saturated rings. The molecular weight excluding hydrogens is 310 g/mol.